The first-order valence-electron chi connectivity index (χ1n) is 5.98. The van der Waals surface area contributed by atoms with Crippen LogP contribution in [0.25, 0.3) is 0 Å². The van der Waals surface area contributed by atoms with Gasteiger partial charge in [-0.1, -0.05) is 27.4 Å². The molecule has 0 saturated carbocycles. The summed E-state index contributed by atoms with van der Waals surface area (Å²) >= 11 is 0. The Morgan fingerprint density at radius 1 is 1.45 bits per heavy atom. The van der Waals surface area contributed by atoms with Crippen LogP contribution >= 0.6 is 9.24 Å². The van der Waals surface area contributed by atoms with E-state index in [0.29, 0.717) is 11.1 Å². The molecule has 0 bridgehead atoms. The molecule has 0 amide bonds. The van der Waals surface area contributed by atoms with Gasteiger partial charge in [-0.25, -0.2) is 0 Å². The maximum Gasteiger partial charge on any atom is 0.218 e. The summed E-state index contributed by atoms with van der Waals surface area (Å²) in [4.78, 5) is 22.5. The fraction of sp³-hybridized carbons (Fsp3) is 0.308. The highest BCUT2D eigenvalue weighted by Gasteiger charge is 2.29. The van der Waals surface area contributed by atoms with Gasteiger partial charge in [0.1, 0.15) is 5.84 Å². The molecule has 0 saturated heterocycles. The first kappa shape index (κ1) is 16.4. The van der Waals surface area contributed by atoms with Gasteiger partial charge >= 0.3 is 0 Å². The Morgan fingerprint density at radius 3 is 2.55 bits per heavy atom. The molecular formula is C13H19N4O2P. The monoisotopic (exact) mass is 294 g/mol. The zero-order valence-electron chi connectivity index (χ0n) is 11.2. The van der Waals surface area contributed by atoms with Crippen LogP contribution in [0.15, 0.2) is 24.3 Å². The van der Waals surface area contributed by atoms with Gasteiger partial charge in [0, 0.05) is 11.1 Å². The average Bonchev–Trinajstić information content (AvgIpc) is 2.37. The van der Waals surface area contributed by atoms with Crippen molar-refractivity contribution in [1.82, 2.24) is 0 Å². The standard InChI is InChI=1S/C13H19N4O2P/c1-13(17,6-9(14)10(18)12(19)20)8-4-2-3-7(5-8)11(15)16/h2-5,9H,6,14,17,20H2,1H3,(H3,15,16)/t9-,13?/m0/s1. The molecule has 0 fully saturated rings. The van der Waals surface area contributed by atoms with Gasteiger partial charge in [-0.3, -0.25) is 15.0 Å². The molecule has 0 radical (unpaired) electrons. The molecule has 7 N–H and O–H groups in total. The lowest BCUT2D eigenvalue weighted by molar-refractivity contribution is -0.132. The van der Waals surface area contributed by atoms with E-state index in [2.05, 4.69) is 0 Å². The van der Waals surface area contributed by atoms with Crippen molar-refractivity contribution >= 4 is 26.4 Å². The van der Waals surface area contributed by atoms with Crippen molar-refractivity contribution in [1.29, 1.82) is 5.41 Å². The zero-order valence-corrected chi connectivity index (χ0v) is 12.4. The predicted octanol–water partition coefficient (Wildman–Crippen LogP) is -0.167. The number of rotatable bonds is 6. The third-order valence-electron chi connectivity index (χ3n) is 3.06. The third-order valence-corrected chi connectivity index (χ3v) is 3.34. The second-order valence-electron chi connectivity index (χ2n) is 4.95. The summed E-state index contributed by atoms with van der Waals surface area (Å²) in [5.74, 6) is -0.738. The van der Waals surface area contributed by atoms with Crippen molar-refractivity contribution in [2.45, 2.75) is 24.9 Å². The normalized spacial score (nSPS) is 15.2. The van der Waals surface area contributed by atoms with Crippen LogP contribution in [0.4, 0.5) is 0 Å². The predicted molar refractivity (Wildman–Crippen MR) is 81.3 cm³/mol. The fourth-order valence-corrected chi connectivity index (χ4v) is 2.11. The summed E-state index contributed by atoms with van der Waals surface area (Å²) in [6, 6.07) is 5.91. The number of carbonyl (C=O) groups is 2. The molecule has 0 aliphatic rings. The van der Waals surface area contributed by atoms with Crippen molar-refractivity contribution in [3.8, 4) is 0 Å². The second-order valence-corrected chi connectivity index (χ2v) is 5.48. The van der Waals surface area contributed by atoms with Crippen molar-refractivity contribution in [3.63, 3.8) is 0 Å². The highest BCUT2D eigenvalue weighted by Crippen LogP contribution is 2.24. The summed E-state index contributed by atoms with van der Waals surface area (Å²) in [5, 5.41) is 7.41. The van der Waals surface area contributed by atoms with Crippen LogP contribution < -0.4 is 17.2 Å². The summed E-state index contributed by atoms with van der Waals surface area (Å²) in [6.07, 6.45) is 0.118. The van der Waals surface area contributed by atoms with E-state index in [1.807, 2.05) is 0 Å². The Kier molecular flexibility index (Phi) is 5.11. The number of nitrogens with one attached hydrogen (secondary N) is 1. The van der Waals surface area contributed by atoms with Gasteiger partial charge in [0.05, 0.1) is 6.04 Å². The molecule has 20 heavy (non-hydrogen) atoms. The van der Waals surface area contributed by atoms with Crippen LogP contribution in [-0.4, -0.2) is 23.2 Å². The second kappa shape index (κ2) is 6.22. The molecule has 1 aromatic rings. The van der Waals surface area contributed by atoms with Crippen molar-refractivity contribution < 1.29 is 9.59 Å². The number of benzene rings is 1. The lowest BCUT2D eigenvalue weighted by Gasteiger charge is -2.28. The molecule has 2 unspecified atom stereocenters. The first-order chi connectivity index (χ1) is 9.15. The van der Waals surface area contributed by atoms with E-state index in [1.165, 1.54) is 0 Å². The Hall–Kier alpha value is -1.62. The minimum Gasteiger partial charge on any atom is -0.384 e. The Morgan fingerprint density at radius 2 is 2.05 bits per heavy atom. The third kappa shape index (κ3) is 3.93. The Bertz CT molecular complexity index is 557. The minimum atomic E-state index is -0.962. The summed E-state index contributed by atoms with van der Waals surface area (Å²) in [7, 11) is 1.81. The summed E-state index contributed by atoms with van der Waals surface area (Å²) in [5.41, 5.74) is 17.0. The van der Waals surface area contributed by atoms with Crippen LogP contribution in [0.1, 0.15) is 24.5 Å². The van der Waals surface area contributed by atoms with Crippen LogP contribution in [0.2, 0.25) is 0 Å². The number of Topliss-reactive ketones (excluding diaryl/α,β-unsaturated/α-hetero) is 1. The van der Waals surface area contributed by atoms with Gasteiger partial charge in [-0.2, -0.15) is 0 Å². The lowest BCUT2D eigenvalue weighted by Crippen LogP contribution is -2.44. The highest BCUT2D eigenvalue weighted by molar-refractivity contribution is 7.45. The molecule has 6 nitrogen and oxygen atoms in total. The van der Waals surface area contributed by atoms with E-state index in [0.717, 1.165) is 0 Å². The van der Waals surface area contributed by atoms with E-state index < -0.39 is 22.9 Å². The molecule has 108 valence electrons. The van der Waals surface area contributed by atoms with E-state index in [-0.39, 0.29) is 12.3 Å². The maximum absolute atomic E-state index is 11.5. The number of amidine groups is 1. The Balaban J connectivity index is 2.98. The number of hydrogen-bond acceptors (Lipinski definition) is 5. The number of hydrogen-bond donors (Lipinski definition) is 4. The van der Waals surface area contributed by atoms with Crippen molar-refractivity contribution in [3.05, 3.63) is 35.4 Å². The number of carbonyl (C=O) groups excluding carboxylic acids is 2. The number of ketones is 1. The lowest BCUT2D eigenvalue weighted by atomic mass is 9.85. The molecule has 1 rings (SSSR count). The van der Waals surface area contributed by atoms with Gasteiger partial charge in [-0.15, -0.1) is 0 Å². The van der Waals surface area contributed by atoms with Gasteiger partial charge in [0.2, 0.25) is 11.3 Å². The highest BCUT2D eigenvalue weighted by atomic mass is 31.0. The molecule has 0 aromatic heterocycles. The van der Waals surface area contributed by atoms with E-state index >= 15 is 0 Å². The topological polar surface area (TPSA) is 136 Å². The molecule has 0 aliphatic carbocycles. The first-order valence-corrected chi connectivity index (χ1v) is 6.56. The van der Waals surface area contributed by atoms with Crippen LogP contribution in [-0.2, 0) is 15.1 Å². The maximum atomic E-state index is 11.5. The summed E-state index contributed by atoms with van der Waals surface area (Å²) < 4.78 is 0. The van der Waals surface area contributed by atoms with E-state index in [9.17, 15) is 9.59 Å². The molecule has 0 heterocycles. The van der Waals surface area contributed by atoms with Crippen molar-refractivity contribution in [2.24, 2.45) is 17.2 Å². The molecule has 0 spiro atoms. The summed E-state index contributed by atoms with van der Waals surface area (Å²) in [6.45, 7) is 1.71. The van der Waals surface area contributed by atoms with E-state index in [1.54, 1.807) is 40.4 Å². The van der Waals surface area contributed by atoms with Gasteiger partial charge in [0.15, 0.2) is 0 Å². The largest absolute Gasteiger partial charge is 0.384 e. The van der Waals surface area contributed by atoms with Crippen LogP contribution in [0.3, 0.4) is 0 Å². The van der Waals surface area contributed by atoms with Crippen molar-refractivity contribution in [2.75, 3.05) is 0 Å². The molecule has 0 aliphatic heterocycles. The van der Waals surface area contributed by atoms with Crippen LogP contribution in [0.5, 0.6) is 0 Å². The number of nitrogen functional groups attached to an aromatic ring is 1. The van der Waals surface area contributed by atoms with Gasteiger partial charge < -0.3 is 17.2 Å². The molecular weight excluding hydrogens is 275 g/mol. The Labute approximate surface area is 119 Å². The molecule has 1 aromatic carbocycles. The SMILES string of the molecule is CC(N)(C[C@H](N)C(=O)C(=O)P)c1cccc(C(=N)N)c1. The molecule has 7 heteroatoms. The molecule has 3 atom stereocenters. The zero-order chi connectivity index (χ0) is 15.5. The average molecular weight is 294 g/mol. The van der Waals surface area contributed by atoms with Gasteiger partial charge in [-0.05, 0) is 25.0 Å². The quantitative estimate of drug-likeness (QED) is 0.250. The number of nitrogens with two attached hydrogens (primary N) is 3. The minimum absolute atomic E-state index is 0.0665. The van der Waals surface area contributed by atoms with Gasteiger partial charge in [0.25, 0.3) is 0 Å². The fourth-order valence-electron chi connectivity index (χ4n) is 1.89. The van der Waals surface area contributed by atoms with E-state index in [4.69, 9.17) is 22.6 Å². The van der Waals surface area contributed by atoms with Crippen LogP contribution in [0, 0.1) is 5.41 Å². The smallest absolute Gasteiger partial charge is 0.218 e.